The summed E-state index contributed by atoms with van der Waals surface area (Å²) < 4.78 is 30.8. The fourth-order valence-electron chi connectivity index (χ4n) is 3.51. The lowest BCUT2D eigenvalue weighted by Crippen LogP contribution is -2.27. The van der Waals surface area contributed by atoms with E-state index >= 15 is 0 Å². The highest BCUT2D eigenvalue weighted by atomic mass is 32.2. The normalized spacial score (nSPS) is 18.0. The molecule has 0 radical (unpaired) electrons. The maximum atomic E-state index is 10.9. The second kappa shape index (κ2) is 8.87. The van der Waals surface area contributed by atoms with Crippen molar-refractivity contribution in [1.29, 1.82) is 0 Å². The fraction of sp³-hybridized carbons (Fsp3) is 0.524. The van der Waals surface area contributed by atoms with Crippen molar-refractivity contribution in [2.75, 3.05) is 17.2 Å². The maximum Gasteiger partial charge on any atom is 0.264 e. The summed E-state index contributed by atoms with van der Waals surface area (Å²) in [4.78, 5) is 2.30. The monoisotopic (exact) mass is 377 g/mol. The van der Waals surface area contributed by atoms with Crippen LogP contribution in [0.4, 0.5) is 5.69 Å². The number of hydrogen-bond donors (Lipinski definition) is 1. The maximum absolute atomic E-state index is 10.9. The van der Waals surface area contributed by atoms with Crippen LogP contribution >= 0.6 is 0 Å². The molecule has 0 saturated carbocycles. The van der Waals surface area contributed by atoms with Crippen LogP contribution in [0.1, 0.15) is 58.4 Å². The largest absolute Gasteiger partial charge is 0.344 e. The molecule has 0 atom stereocenters. The van der Waals surface area contributed by atoms with Gasteiger partial charge in [0.15, 0.2) is 0 Å². The minimum atomic E-state index is -3.88. The van der Waals surface area contributed by atoms with Gasteiger partial charge in [-0.2, -0.15) is 8.42 Å². The second-order valence-corrected chi connectivity index (χ2v) is 8.98. The smallest absolute Gasteiger partial charge is 0.264 e. The molecular formula is C21H31NO3S. The first kappa shape index (κ1) is 20.7. The third kappa shape index (κ3) is 5.21. The Balaban J connectivity index is 2.19. The summed E-state index contributed by atoms with van der Waals surface area (Å²) in [5.41, 5.74) is 3.63. The van der Waals surface area contributed by atoms with Crippen LogP contribution in [0.2, 0.25) is 0 Å². The van der Waals surface area contributed by atoms with Crippen LogP contribution in [0.5, 0.6) is 0 Å². The van der Waals surface area contributed by atoms with Crippen LogP contribution in [0.25, 0.3) is 0 Å². The number of nitrogens with zero attached hydrogens (tertiary/aromatic N) is 1. The molecule has 0 aromatic heterocycles. The van der Waals surface area contributed by atoms with Crippen LogP contribution < -0.4 is 4.90 Å². The van der Waals surface area contributed by atoms with Gasteiger partial charge in [0, 0.05) is 23.3 Å². The van der Waals surface area contributed by atoms with Gasteiger partial charge >= 0.3 is 0 Å². The Morgan fingerprint density at radius 3 is 2.58 bits per heavy atom. The van der Waals surface area contributed by atoms with Gasteiger partial charge in [0.2, 0.25) is 0 Å². The molecule has 0 unspecified atom stereocenters. The summed E-state index contributed by atoms with van der Waals surface area (Å²) in [5, 5.41) is 0. The summed E-state index contributed by atoms with van der Waals surface area (Å²) in [7, 11) is -3.88. The second-order valence-electron chi connectivity index (χ2n) is 7.41. The Hall–Kier alpha value is -1.59. The Morgan fingerprint density at radius 2 is 1.88 bits per heavy atom. The number of unbranched alkanes of at least 4 members (excludes halogenated alkanes) is 3. The van der Waals surface area contributed by atoms with Crippen LogP contribution in [0.15, 0.2) is 48.2 Å². The van der Waals surface area contributed by atoms with Gasteiger partial charge in [-0.15, -0.1) is 0 Å². The quantitative estimate of drug-likeness (QED) is 0.481. The Morgan fingerprint density at radius 1 is 1.15 bits per heavy atom. The molecule has 0 fully saturated rings. The molecule has 1 aromatic rings. The molecule has 5 heteroatoms. The SMILES string of the molecule is CCCC/C=C\C=C1\N(CCCCS(=O)(=O)O)c2ccccc2C1(C)C. The molecule has 4 nitrogen and oxygen atoms in total. The third-order valence-corrected chi connectivity index (χ3v) is 5.75. The molecule has 1 aliphatic rings. The molecule has 144 valence electrons. The molecule has 26 heavy (non-hydrogen) atoms. The first-order valence-corrected chi connectivity index (χ1v) is 11.1. The van der Waals surface area contributed by atoms with Gasteiger partial charge < -0.3 is 4.90 Å². The number of benzene rings is 1. The van der Waals surface area contributed by atoms with Crippen LogP contribution in [0, 0.1) is 0 Å². The predicted octanol–water partition coefficient (Wildman–Crippen LogP) is 5.08. The highest BCUT2D eigenvalue weighted by Crippen LogP contribution is 2.47. The lowest BCUT2D eigenvalue weighted by atomic mass is 9.84. The molecular weight excluding hydrogens is 346 g/mol. The summed E-state index contributed by atoms with van der Waals surface area (Å²) in [6, 6.07) is 8.40. The number of hydrogen-bond acceptors (Lipinski definition) is 3. The molecule has 1 aliphatic heterocycles. The van der Waals surface area contributed by atoms with Gasteiger partial charge in [0.05, 0.1) is 5.75 Å². The van der Waals surface area contributed by atoms with Crippen molar-refractivity contribution >= 4 is 15.8 Å². The Kier molecular flexibility index (Phi) is 7.07. The topological polar surface area (TPSA) is 57.6 Å². The number of rotatable bonds is 9. The molecule has 0 saturated heterocycles. The van der Waals surface area contributed by atoms with Crippen molar-refractivity contribution in [2.45, 2.75) is 58.3 Å². The average molecular weight is 378 g/mol. The lowest BCUT2D eigenvalue weighted by Gasteiger charge is -2.27. The van der Waals surface area contributed by atoms with Gasteiger partial charge in [0.1, 0.15) is 0 Å². The van der Waals surface area contributed by atoms with E-state index in [-0.39, 0.29) is 11.2 Å². The van der Waals surface area contributed by atoms with E-state index < -0.39 is 10.1 Å². The standard InChI is InChI=1S/C21H31NO3S/c1-4-5-6-7-8-15-20-21(2,3)18-13-9-10-14-19(18)22(20)16-11-12-17-26(23,24)25/h7-10,13-15H,4-6,11-12,16-17H2,1-3H3,(H,23,24,25)/b8-7-,20-15+. The van der Waals surface area contributed by atoms with E-state index in [4.69, 9.17) is 4.55 Å². The third-order valence-electron chi connectivity index (χ3n) is 4.95. The zero-order valence-corrected chi connectivity index (χ0v) is 16.9. The molecule has 1 aromatic carbocycles. The van der Waals surface area contributed by atoms with Crippen LogP contribution in [-0.4, -0.2) is 25.3 Å². The number of allylic oxidation sites excluding steroid dienone is 4. The Bertz CT molecular complexity index is 763. The van der Waals surface area contributed by atoms with Gasteiger partial charge in [-0.3, -0.25) is 4.55 Å². The minimum Gasteiger partial charge on any atom is -0.344 e. The fourth-order valence-corrected chi connectivity index (χ4v) is 4.08. The molecule has 1 N–H and O–H groups in total. The minimum absolute atomic E-state index is 0.0885. The zero-order chi connectivity index (χ0) is 19.2. The lowest BCUT2D eigenvalue weighted by molar-refractivity contribution is 0.480. The van der Waals surface area contributed by atoms with Crippen molar-refractivity contribution in [1.82, 2.24) is 0 Å². The molecule has 2 rings (SSSR count). The summed E-state index contributed by atoms with van der Waals surface area (Å²) in [6.07, 6.45) is 11.2. The number of fused-ring (bicyclic) bond motifs is 1. The van der Waals surface area contributed by atoms with E-state index in [0.29, 0.717) is 12.8 Å². The van der Waals surface area contributed by atoms with Crippen molar-refractivity contribution in [2.24, 2.45) is 0 Å². The van der Waals surface area contributed by atoms with E-state index in [9.17, 15) is 8.42 Å². The van der Waals surface area contributed by atoms with Crippen molar-refractivity contribution < 1.29 is 13.0 Å². The van der Waals surface area contributed by atoms with E-state index in [1.807, 2.05) is 6.07 Å². The van der Waals surface area contributed by atoms with E-state index in [2.05, 4.69) is 62.1 Å². The zero-order valence-electron chi connectivity index (χ0n) is 16.1. The van der Waals surface area contributed by atoms with Crippen molar-refractivity contribution in [3.8, 4) is 0 Å². The molecule has 1 heterocycles. The Labute approximate surface area is 158 Å². The van der Waals surface area contributed by atoms with Crippen LogP contribution in [-0.2, 0) is 15.5 Å². The van der Waals surface area contributed by atoms with Gasteiger partial charge in [-0.05, 0) is 37.0 Å². The van der Waals surface area contributed by atoms with Crippen molar-refractivity contribution in [3.63, 3.8) is 0 Å². The van der Waals surface area contributed by atoms with E-state index in [1.165, 1.54) is 29.8 Å². The van der Waals surface area contributed by atoms with Gasteiger partial charge in [0.25, 0.3) is 10.1 Å². The first-order chi connectivity index (χ1) is 12.3. The number of para-hydroxylation sites is 1. The summed E-state index contributed by atoms with van der Waals surface area (Å²) >= 11 is 0. The number of anilines is 1. The van der Waals surface area contributed by atoms with Crippen LogP contribution in [0.3, 0.4) is 0 Å². The molecule has 0 spiro atoms. The highest BCUT2D eigenvalue weighted by molar-refractivity contribution is 7.85. The molecule has 0 amide bonds. The first-order valence-electron chi connectivity index (χ1n) is 9.47. The molecule has 0 aliphatic carbocycles. The molecule has 0 bridgehead atoms. The average Bonchev–Trinajstić information content (AvgIpc) is 2.79. The van der Waals surface area contributed by atoms with E-state index in [1.54, 1.807) is 0 Å². The predicted molar refractivity (Wildman–Crippen MR) is 109 cm³/mol. The highest BCUT2D eigenvalue weighted by Gasteiger charge is 2.39. The van der Waals surface area contributed by atoms with Gasteiger partial charge in [-0.1, -0.05) is 64.0 Å². The summed E-state index contributed by atoms with van der Waals surface area (Å²) in [6.45, 7) is 7.40. The van der Waals surface area contributed by atoms with Crippen molar-refractivity contribution in [3.05, 3.63) is 53.8 Å². The van der Waals surface area contributed by atoms with E-state index in [0.717, 1.165) is 13.0 Å². The summed E-state index contributed by atoms with van der Waals surface area (Å²) in [5.74, 6) is -0.179. The van der Waals surface area contributed by atoms with Gasteiger partial charge in [-0.25, -0.2) is 0 Å².